The summed E-state index contributed by atoms with van der Waals surface area (Å²) in [5, 5.41) is 3.37. The van der Waals surface area contributed by atoms with Gasteiger partial charge in [0.05, 0.1) is 6.04 Å². The Morgan fingerprint density at radius 1 is 1.28 bits per heavy atom. The molecular weight excluding hydrogens is 224 g/mol. The molecule has 1 heterocycles. The van der Waals surface area contributed by atoms with E-state index in [0.717, 1.165) is 19.5 Å². The number of nitrogens with zero attached hydrogens (tertiary/aromatic N) is 1. The van der Waals surface area contributed by atoms with Crippen LogP contribution in [-0.4, -0.2) is 36.0 Å². The van der Waals surface area contributed by atoms with E-state index in [0.29, 0.717) is 28.7 Å². The van der Waals surface area contributed by atoms with Gasteiger partial charge in [-0.3, -0.25) is 4.79 Å². The first-order valence-corrected chi connectivity index (χ1v) is 7.22. The molecular formula is C15H28N2O. The van der Waals surface area contributed by atoms with Crippen molar-refractivity contribution in [3.63, 3.8) is 0 Å². The minimum atomic E-state index is 0.0509. The third-order valence-corrected chi connectivity index (χ3v) is 5.55. The number of hydrogen-bond donors (Lipinski definition) is 1. The van der Waals surface area contributed by atoms with Crippen LogP contribution in [0.15, 0.2) is 0 Å². The average Bonchev–Trinajstić information content (AvgIpc) is 2.53. The molecule has 1 saturated carbocycles. The van der Waals surface area contributed by atoms with Crippen molar-refractivity contribution in [3.8, 4) is 0 Å². The first-order valence-electron chi connectivity index (χ1n) is 7.22. The summed E-state index contributed by atoms with van der Waals surface area (Å²) in [6, 6.07) is 0.433. The Hall–Kier alpha value is -0.570. The van der Waals surface area contributed by atoms with Crippen LogP contribution < -0.4 is 5.32 Å². The number of rotatable bonds is 4. The molecule has 1 unspecified atom stereocenters. The van der Waals surface area contributed by atoms with Gasteiger partial charge in [-0.25, -0.2) is 0 Å². The Bertz CT molecular complexity index is 332. The highest BCUT2D eigenvalue weighted by Gasteiger charge is 2.65. The zero-order valence-electron chi connectivity index (χ0n) is 12.7. The highest BCUT2D eigenvalue weighted by Crippen LogP contribution is 2.68. The second-order valence-electron chi connectivity index (χ2n) is 7.44. The highest BCUT2D eigenvalue weighted by atomic mass is 16.2. The maximum absolute atomic E-state index is 12.3. The van der Waals surface area contributed by atoms with E-state index in [-0.39, 0.29) is 6.04 Å². The van der Waals surface area contributed by atoms with Gasteiger partial charge in [0.1, 0.15) is 0 Å². The molecule has 0 spiro atoms. The second kappa shape index (κ2) is 4.22. The van der Waals surface area contributed by atoms with Crippen molar-refractivity contribution in [3.05, 3.63) is 0 Å². The van der Waals surface area contributed by atoms with Gasteiger partial charge < -0.3 is 10.2 Å². The summed E-state index contributed by atoms with van der Waals surface area (Å²) in [4.78, 5) is 14.4. The van der Waals surface area contributed by atoms with Crippen molar-refractivity contribution in [2.24, 2.45) is 16.7 Å². The Morgan fingerprint density at radius 2 is 1.83 bits per heavy atom. The van der Waals surface area contributed by atoms with Crippen molar-refractivity contribution >= 4 is 5.91 Å². The molecule has 1 saturated heterocycles. The van der Waals surface area contributed by atoms with E-state index < -0.39 is 0 Å². The van der Waals surface area contributed by atoms with Crippen molar-refractivity contribution in [2.45, 2.75) is 60.0 Å². The predicted octanol–water partition coefficient (Wildman–Crippen LogP) is 2.27. The van der Waals surface area contributed by atoms with Crippen LogP contribution in [0.25, 0.3) is 0 Å². The molecule has 18 heavy (non-hydrogen) atoms. The van der Waals surface area contributed by atoms with Gasteiger partial charge in [0.25, 0.3) is 0 Å². The summed E-state index contributed by atoms with van der Waals surface area (Å²) in [6.07, 6.45) is 0.963. The molecule has 1 amide bonds. The summed E-state index contributed by atoms with van der Waals surface area (Å²) in [6.45, 7) is 15.3. The standard InChI is InChI=1S/C15H28N2O/c1-10(2)16-11-7-8-17(13(11)18)9-12-14(3,4)15(12,5)6/h10-12,16H,7-9H2,1-6H3. The fraction of sp³-hybridized carbons (Fsp3) is 0.933. The third-order valence-electron chi connectivity index (χ3n) is 5.55. The van der Waals surface area contributed by atoms with Gasteiger partial charge in [0, 0.05) is 19.1 Å². The Balaban J connectivity index is 1.92. The Kier molecular flexibility index (Phi) is 3.25. The van der Waals surface area contributed by atoms with Crippen LogP contribution in [0.1, 0.15) is 48.0 Å². The van der Waals surface area contributed by atoms with Crippen LogP contribution in [0.5, 0.6) is 0 Å². The number of amides is 1. The Labute approximate surface area is 111 Å². The fourth-order valence-corrected chi connectivity index (χ4v) is 3.49. The van der Waals surface area contributed by atoms with Crippen LogP contribution in [-0.2, 0) is 4.79 Å². The summed E-state index contributed by atoms with van der Waals surface area (Å²) < 4.78 is 0. The van der Waals surface area contributed by atoms with Crippen LogP contribution in [0.4, 0.5) is 0 Å². The van der Waals surface area contributed by atoms with Crippen molar-refractivity contribution in [1.82, 2.24) is 10.2 Å². The minimum Gasteiger partial charge on any atom is -0.341 e. The fourth-order valence-electron chi connectivity index (χ4n) is 3.49. The monoisotopic (exact) mass is 252 g/mol. The lowest BCUT2D eigenvalue weighted by atomic mass is 10.0. The molecule has 0 aromatic rings. The molecule has 1 atom stereocenters. The third kappa shape index (κ3) is 2.07. The van der Waals surface area contributed by atoms with Crippen LogP contribution >= 0.6 is 0 Å². The maximum atomic E-state index is 12.3. The summed E-state index contributed by atoms with van der Waals surface area (Å²) in [5.74, 6) is 0.953. The van der Waals surface area contributed by atoms with Crippen LogP contribution in [0.3, 0.4) is 0 Å². The normalized spacial score (nSPS) is 30.3. The molecule has 1 aliphatic carbocycles. The van der Waals surface area contributed by atoms with Gasteiger partial charge in [-0.2, -0.15) is 0 Å². The predicted molar refractivity (Wildman–Crippen MR) is 74.3 cm³/mol. The molecule has 2 aliphatic rings. The molecule has 1 aliphatic heterocycles. The molecule has 2 fully saturated rings. The molecule has 0 aromatic carbocycles. The number of likely N-dealkylation sites (tertiary alicyclic amines) is 1. The number of hydrogen-bond acceptors (Lipinski definition) is 2. The van der Waals surface area contributed by atoms with E-state index in [1.54, 1.807) is 0 Å². The van der Waals surface area contributed by atoms with E-state index in [1.807, 2.05) is 0 Å². The molecule has 1 N–H and O–H groups in total. The molecule has 104 valence electrons. The summed E-state index contributed by atoms with van der Waals surface area (Å²) >= 11 is 0. The van der Waals surface area contributed by atoms with Gasteiger partial charge in [0.2, 0.25) is 5.91 Å². The van der Waals surface area contributed by atoms with Crippen LogP contribution in [0, 0.1) is 16.7 Å². The van der Waals surface area contributed by atoms with Crippen molar-refractivity contribution in [1.29, 1.82) is 0 Å². The first-order chi connectivity index (χ1) is 8.18. The molecule has 3 heteroatoms. The largest absolute Gasteiger partial charge is 0.341 e. The molecule has 0 aromatic heterocycles. The minimum absolute atomic E-state index is 0.0509. The van der Waals surface area contributed by atoms with E-state index in [4.69, 9.17) is 0 Å². The molecule has 3 nitrogen and oxygen atoms in total. The highest BCUT2D eigenvalue weighted by molar-refractivity contribution is 5.84. The first kappa shape index (κ1) is 13.9. The lowest BCUT2D eigenvalue weighted by Gasteiger charge is -2.19. The number of carbonyl (C=O) groups excluding carboxylic acids is 1. The lowest BCUT2D eigenvalue weighted by Crippen LogP contribution is -2.42. The zero-order chi connectivity index (χ0) is 13.7. The molecule has 0 radical (unpaired) electrons. The Morgan fingerprint density at radius 3 is 2.28 bits per heavy atom. The smallest absolute Gasteiger partial charge is 0.239 e. The van der Waals surface area contributed by atoms with Gasteiger partial charge in [-0.15, -0.1) is 0 Å². The van der Waals surface area contributed by atoms with Crippen LogP contribution in [0.2, 0.25) is 0 Å². The van der Waals surface area contributed by atoms with Gasteiger partial charge >= 0.3 is 0 Å². The van der Waals surface area contributed by atoms with Gasteiger partial charge in [0.15, 0.2) is 0 Å². The van der Waals surface area contributed by atoms with Crippen molar-refractivity contribution < 1.29 is 4.79 Å². The lowest BCUT2D eigenvalue weighted by molar-refractivity contribution is -0.129. The van der Waals surface area contributed by atoms with Gasteiger partial charge in [-0.1, -0.05) is 41.5 Å². The molecule has 0 bridgehead atoms. The zero-order valence-corrected chi connectivity index (χ0v) is 12.7. The summed E-state index contributed by atoms with van der Waals surface area (Å²) in [7, 11) is 0. The average molecular weight is 252 g/mol. The van der Waals surface area contributed by atoms with Gasteiger partial charge in [-0.05, 0) is 23.2 Å². The summed E-state index contributed by atoms with van der Waals surface area (Å²) in [5.41, 5.74) is 0.744. The van der Waals surface area contributed by atoms with E-state index in [9.17, 15) is 4.79 Å². The number of carbonyl (C=O) groups is 1. The maximum Gasteiger partial charge on any atom is 0.239 e. The van der Waals surface area contributed by atoms with E-state index >= 15 is 0 Å². The van der Waals surface area contributed by atoms with E-state index in [2.05, 4.69) is 51.8 Å². The molecule has 2 rings (SSSR count). The SMILES string of the molecule is CC(C)NC1CCN(CC2C(C)(C)C2(C)C)C1=O. The topological polar surface area (TPSA) is 32.3 Å². The second-order valence-corrected chi connectivity index (χ2v) is 7.44. The van der Waals surface area contributed by atoms with E-state index in [1.165, 1.54) is 0 Å². The number of nitrogens with one attached hydrogen (secondary N) is 1. The quantitative estimate of drug-likeness (QED) is 0.832. The van der Waals surface area contributed by atoms with Crippen molar-refractivity contribution in [2.75, 3.05) is 13.1 Å².